The number of benzene rings is 4. The van der Waals surface area contributed by atoms with Gasteiger partial charge >= 0.3 is 5.63 Å². The molecule has 0 bridgehead atoms. The number of halogens is 1. The second-order valence-electron chi connectivity index (χ2n) is 8.20. The quantitative estimate of drug-likeness (QED) is 0.263. The Morgan fingerprint density at radius 1 is 0.778 bits per heavy atom. The lowest BCUT2D eigenvalue weighted by molar-refractivity contribution is 0.102. The van der Waals surface area contributed by atoms with Crippen LogP contribution in [0.5, 0.6) is 0 Å². The molecular weight excluding hydrogens is 476 g/mol. The van der Waals surface area contributed by atoms with Crippen LogP contribution in [0, 0.1) is 0 Å². The zero-order chi connectivity index (χ0) is 24.6. The third kappa shape index (κ3) is 4.04. The molecule has 6 aromatic rings. The summed E-state index contributed by atoms with van der Waals surface area (Å²) in [7, 11) is 0. The van der Waals surface area contributed by atoms with E-state index in [-0.39, 0.29) is 5.91 Å². The number of oxazole rings is 1. The van der Waals surface area contributed by atoms with Crippen molar-refractivity contribution in [2.24, 2.45) is 0 Å². The molecule has 0 aliphatic heterocycles. The molecule has 7 heteroatoms. The Hall–Kier alpha value is -4.68. The van der Waals surface area contributed by atoms with Crippen LogP contribution in [0.25, 0.3) is 44.7 Å². The summed E-state index contributed by atoms with van der Waals surface area (Å²) < 4.78 is 11.3. The lowest BCUT2D eigenvalue weighted by atomic mass is 10.0. The highest BCUT2D eigenvalue weighted by atomic mass is 35.5. The van der Waals surface area contributed by atoms with Crippen molar-refractivity contribution in [3.05, 3.63) is 118 Å². The molecule has 1 N–H and O–H groups in total. The molecule has 0 aliphatic carbocycles. The number of nitrogens with one attached hydrogen (secondary N) is 1. The normalized spacial score (nSPS) is 11.1. The minimum atomic E-state index is -0.472. The molecule has 4 aromatic carbocycles. The summed E-state index contributed by atoms with van der Waals surface area (Å²) in [5.41, 5.74) is 3.85. The van der Waals surface area contributed by atoms with Crippen molar-refractivity contribution in [1.29, 1.82) is 0 Å². The van der Waals surface area contributed by atoms with Crippen molar-refractivity contribution in [3.63, 3.8) is 0 Å². The summed E-state index contributed by atoms with van der Waals surface area (Å²) in [5, 5.41) is 4.02. The fourth-order valence-corrected chi connectivity index (χ4v) is 4.20. The van der Waals surface area contributed by atoms with Crippen LogP contribution in [0.4, 0.5) is 5.69 Å². The van der Waals surface area contributed by atoms with Gasteiger partial charge in [-0.05, 0) is 60.2 Å². The minimum Gasteiger partial charge on any atom is -0.436 e. The van der Waals surface area contributed by atoms with Crippen molar-refractivity contribution in [2.75, 3.05) is 5.32 Å². The number of carbonyl (C=O) groups is 1. The molecule has 2 aromatic heterocycles. The van der Waals surface area contributed by atoms with Crippen molar-refractivity contribution < 1.29 is 13.6 Å². The summed E-state index contributed by atoms with van der Waals surface area (Å²) in [6, 6.07) is 28.5. The largest absolute Gasteiger partial charge is 0.436 e. The highest BCUT2D eigenvalue weighted by Gasteiger charge is 2.15. The van der Waals surface area contributed by atoms with E-state index >= 15 is 0 Å². The Labute approximate surface area is 209 Å². The highest BCUT2D eigenvalue weighted by molar-refractivity contribution is 6.34. The first-order valence-corrected chi connectivity index (χ1v) is 11.5. The number of amides is 1. The van der Waals surface area contributed by atoms with Crippen LogP contribution in [-0.2, 0) is 0 Å². The van der Waals surface area contributed by atoms with Gasteiger partial charge in [0.1, 0.15) is 11.1 Å². The van der Waals surface area contributed by atoms with Crippen molar-refractivity contribution >= 4 is 45.3 Å². The van der Waals surface area contributed by atoms with Crippen molar-refractivity contribution in [1.82, 2.24) is 4.98 Å². The summed E-state index contributed by atoms with van der Waals surface area (Å²) >= 11 is 6.38. The van der Waals surface area contributed by atoms with E-state index in [9.17, 15) is 9.59 Å². The van der Waals surface area contributed by atoms with Gasteiger partial charge in [-0.2, -0.15) is 0 Å². The molecule has 0 saturated heterocycles. The number of fused-ring (bicyclic) bond motifs is 2. The highest BCUT2D eigenvalue weighted by Crippen LogP contribution is 2.31. The SMILES string of the molecule is O=C(Nc1cc(-c2nc3ccccc3o2)ccc1Cl)c1cccc(-c2cc3ccccc3oc2=O)c1. The minimum absolute atomic E-state index is 0.364. The molecule has 2 heterocycles. The van der Waals surface area contributed by atoms with Crippen LogP contribution < -0.4 is 10.9 Å². The van der Waals surface area contributed by atoms with E-state index in [4.69, 9.17) is 20.4 Å². The molecule has 6 nitrogen and oxygen atoms in total. The molecule has 1 amide bonds. The van der Waals surface area contributed by atoms with E-state index in [1.807, 2.05) is 36.4 Å². The van der Waals surface area contributed by atoms with E-state index < -0.39 is 5.63 Å². The van der Waals surface area contributed by atoms with Crippen LogP contribution in [0.1, 0.15) is 10.4 Å². The topological polar surface area (TPSA) is 85.3 Å². The van der Waals surface area contributed by atoms with Gasteiger partial charge < -0.3 is 14.2 Å². The Balaban J connectivity index is 1.31. The zero-order valence-corrected chi connectivity index (χ0v) is 19.5. The first-order valence-electron chi connectivity index (χ1n) is 11.2. The molecule has 0 unspecified atom stereocenters. The average molecular weight is 493 g/mol. The van der Waals surface area contributed by atoms with Gasteiger partial charge in [0.15, 0.2) is 5.58 Å². The first-order chi connectivity index (χ1) is 17.5. The number of aromatic nitrogens is 1. The standard InChI is InChI=1S/C29H17ClN2O4/c30-22-13-12-20(28-32-23-9-2-4-11-26(23)35-28)16-24(22)31-27(33)19-8-5-7-17(14-19)21-15-18-6-1-3-10-25(18)36-29(21)34/h1-16H,(H,31,33). The van der Waals surface area contributed by atoms with Gasteiger partial charge in [0.05, 0.1) is 16.3 Å². The Morgan fingerprint density at radius 2 is 1.58 bits per heavy atom. The predicted octanol–water partition coefficient (Wildman–Crippen LogP) is 7.17. The molecule has 0 spiro atoms. The Morgan fingerprint density at radius 3 is 2.44 bits per heavy atom. The summed E-state index contributed by atoms with van der Waals surface area (Å²) in [5.74, 6) is 0.0482. The van der Waals surface area contributed by atoms with Gasteiger partial charge in [0, 0.05) is 16.5 Å². The Kier molecular flexibility index (Phi) is 5.36. The second kappa shape index (κ2) is 8.83. The van der Waals surface area contributed by atoms with Crippen LogP contribution in [0.2, 0.25) is 5.02 Å². The molecule has 0 saturated carbocycles. The molecule has 174 valence electrons. The fourth-order valence-electron chi connectivity index (χ4n) is 4.04. The summed E-state index contributed by atoms with van der Waals surface area (Å²) in [6.07, 6.45) is 0. The number of anilines is 1. The summed E-state index contributed by atoms with van der Waals surface area (Å²) in [6.45, 7) is 0. The van der Waals surface area contributed by atoms with Crippen molar-refractivity contribution in [3.8, 4) is 22.6 Å². The monoisotopic (exact) mass is 492 g/mol. The molecule has 0 aliphatic rings. The van der Waals surface area contributed by atoms with E-state index in [2.05, 4.69) is 10.3 Å². The average Bonchev–Trinajstić information content (AvgIpc) is 3.34. The van der Waals surface area contributed by atoms with Crippen molar-refractivity contribution in [2.45, 2.75) is 0 Å². The maximum Gasteiger partial charge on any atom is 0.344 e. The fraction of sp³-hybridized carbons (Fsp3) is 0. The summed E-state index contributed by atoms with van der Waals surface area (Å²) in [4.78, 5) is 30.2. The number of carbonyl (C=O) groups excluding carboxylic acids is 1. The van der Waals surface area contributed by atoms with Gasteiger partial charge in [-0.15, -0.1) is 0 Å². The lowest BCUT2D eigenvalue weighted by Gasteiger charge is -2.10. The zero-order valence-electron chi connectivity index (χ0n) is 18.7. The molecule has 6 rings (SSSR count). The van der Waals surface area contributed by atoms with Gasteiger partial charge in [-0.3, -0.25) is 4.79 Å². The van der Waals surface area contributed by atoms with Gasteiger partial charge in [0.25, 0.3) is 5.91 Å². The van der Waals surface area contributed by atoms with Crippen LogP contribution in [0.3, 0.4) is 0 Å². The predicted molar refractivity (Wildman–Crippen MR) is 140 cm³/mol. The van der Waals surface area contributed by atoms with Gasteiger partial charge in [-0.1, -0.05) is 54.1 Å². The van der Waals surface area contributed by atoms with E-state index in [0.717, 1.165) is 10.9 Å². The van der Waals surface area contributed by atoms with E-state index in [1.165, 1.54) is 0 Å². The number of nitrogens with zero attached hydrogens (tertiary/aromatic N) is 1. The number of hydrogen-bond acceptors (Lipinski definition) is 5. The first kappa shape index (κ1) is 21.8. The third-order valence-corrected chi connectivity index (χ3v) is 6.16. The molecular formula is C29H17ClN2O4. The number of hydrogen-bond donors (Lipinski definition) is 1. The van der Waals surface area contributed by atoms with E-state index in [0.29, 0.717) is 50.0 Å². The number of rotatable bonds is 4. The third-order valence-electron chi connectivity index (χ3n) is 5.83. The second-order valence-corrected chi connectivity index (χ2v) is 8.61. The van der Waals surface area contributed by atoms with Crippen LogP contribution >= 0.6 is 11.6 Å². The van der Waals surface area contributed by atoms with Gasteiger partial charge in [-0.25, -0.2) is 9.78 Å². The van der Waals surface area contributed by atoms with Gasteiger partial charge in [0.2, 0.25) is 5.89 Å². The molecule has 0 fully saturated rings. The Bertz CT molecular complexity index is 1800. The number of para-hydroxylation sites is 3. The van der Waals surface area contributed by atoms with Crippen LogP contribution in [0.15, 0.2) is 111 Å². The van der Waals surface area contributed by atoms with E-state index in [1.54, 1.807) is 60.7 Å². The molecule has 0 atom stereocenters. The molecule has 0 radical (unpaired) electrons. The van der Waals surface area contributed by atoms with Crippen LogP contribution in [-0.4, -0.2) is 10.9 Å². The maximum absolute atomic E-state index is 13.1. The maximum atomic E-state index is 13.1. The molecule has 36 heavy (non-hydrogen) atoms. The lowest BCUT2D eigenvalue weighted by Crippen LogP contribution is -2.12. The smallest absolute Gasteiger partial charge is 0.344 e.